The van der Waals surface area contributed by atoms with Crippen LogP contribution in [0.1, 0.15) is 38.4 Å². The maximum Gasteiger partial charge on any atom is 0.453 e. The Bertz CT molecular complexity index is 903. The molecule has 1 aliphatic carbocycles. The van der Waals surface area contributed by atoms with E-state index in [2.05, 4.69) is 39.5 Å². The van der Waals surface area contributed by atoms with Crippen molar-refractivity contribution in [2.45, 2.75) is 50.9 Å². The lowest BCUT2D eigenvalue weighted by molar-refractivity contribution is -0.146. The maximum absolute atomic E-state index is 13.1. The highest BCUT2D eigenvalue weighted by Gasteiger charge is 2.38. The number of anilines is 1. The molecule has 11 heteroatoms. The van der Waals surface area contributed by atoms with Gasteiger partial charge in [-0.15, -0.1) is 15.3 Å². The fourth-order valence-corrected chi connectivity index (χ4v) is 3.87. The number of hydrogen-bond donors (Lipinski definition) is 1. The van der Waals surface area contributed by atoms with Crippen molar-refractivity contribution in [3.8, 4) is 0 Å². The molecule has 164 valence electrons. The summed E-state index contributed by atoms with van der Waals surface area (Å²) in [6.07, 6.45) is -0.903. The molecular formula is C19H26F3N7O. The van der Waals surface area contributed by atoms with Gasteiger partial charge in [0.05, 0.1) is 0 Å². The Kier molecular flexibility index (Phi) is 5.56. The number of fused-ring (bicyclic) bond motifs is 1. The fourth-order valence-electron chi connectivity index (χ4n) is 3.87. The predicted molar refractivity (Wildman–Crippen MR) is 104 cm³/mol. The maximum atomic E-state index is 13.1. The minimum Gasteiger partial charge on any atom is -0.355 e. The molecule has 1 aliphatic heterocycles. The normalized spacial score (nSPS) is 19.5. The Morgan fingerprint density at radius 2 is 1.93 bits per heavy atom. The van der Waals surface area contributed by atoms with Gasteiger partial charge < -0.3 is 10.2 Å². The van der Waals surface area contributed by atoms with Gasteiger partial charge in [0.15, 0.2) is 5.65 Å². The molecule has 2 aliphatic rings. The second-order valence-electron chi connectivity index (χ2n) is 8.24. The quantitative estimate of drug-likeness (QED) is 0.762. The van der Waals surface area contributed by atoms with Crippen molar-refractivity contribution in [1.29, 1.82) is 0 Å². The van der Waals surface area contributed by atoms with E-state index in [1.54, 1.807) is 6.07 Å². The molecule has 1 saturated heterocycles. The molecule has 0 spiro atoms. The summed E-state index contributed by atoms with van der Waals surface area (Å²) in [4.78, 5) is 16.7. The average molecular weight is 425 g/mol. The van der Waals surface area contributed by atoms with Crippen LogP contribution in [-0.4, -0.2) is 69.4 Å². The number of rotatable bonds is 6. The Balaban J connectivity index is 1.33. The Labute approximate surface area is 172 Å². The second kappa shape index (κ2) is 8.01. The molecule has 0 radical (unpaired) electrons. The molecule has 1 unspecified atom stereocenters. The lowest BCUT2D eigenvalue weighted by atomic mass is 9.96. The van der Waals surface area contributed by atoms with E-state index in [1.165, 1.54) is 18.9 Å². The highest BCUT2D eigenvalue weighted by molar-refractivity contribution is 5.79. The van der Waals surface area contributed by atoms with Crippen LogP contribution in [-0.2, 0) is 11.0 Å². The van der Waals surface area contributed by atoms with Crippen molar-refractivity contribution < 1.29 is 18.0 Å². The molecule has 1 amide bonds. The van der Waals surface area contributed by atoms with Crippen molar-refractivity contribution in [1.82, 2.24) is 30.0 Å². The van der Waals surface area contributed by atoms with Crippen LogP contribution in [0.4, 0.5) is 19.0 Å². The zero-order valence-electron chi connectivity index (χ0n) is 17.1. The summed E-state index contributed by atoms with van der Waals surface area (Å²) >= 11 is 0. The van der Waals surface area contributed by atoms with Crippen LogP contribution < -0.4 is 10.2 Å². The average Bonchev–Trinajstić information content (AvgIpc) is 3.48. The van der Waals surface area contributed by atoms with E-state index in [1.807, 2.05) is 4.90 Å². The number of hydrogen-bond acceptors (Lipinski definition) is 6. The Morgan fingerprint density at radius 1 is 1.23 bits per heavy atom. The van der Waals surface area contributed by atoms with Crippen molar-refractivity contribution in [2.24, 2.45) is 5.92 Å². The van der Waals surface area contributed by atoms with Crippen LogP contribution in [0.3, 0.4) is 0 Å². The Hall–Kier alpha value is -2.43. The summed E-state index contributed by atoms with van der Waals surface area (Å²) in [5.41, 5.74) is 0.0469. The second-order valence-corrected chi connectivity index (χ2v) is 8.24. The molecule has 1 atom stereocenters. The molecule has 2 aromatic heterocycles. The van der Waals surface area contributed by atoms with Crippen LogP contribution in [0.15, 0.2) is 12.1 Å². The molecule has 1 N–H and O–H groups in total. The van der Waals surface area contributed by atoms with Crippen molar-refractivity contribution in [2.75, 3.05) is 31.6 Å². The monoisotopic (exact) mass is 425 g/mol. The molecule has 1 saturated carbocycles. The van der Waals surface area contributed by atoms with Crippen molar-refractivity contribution in [3.63, 3.8) is 0 Å². The topological polar surface area (TPSA) is 78.7 Å². The summed E-state index contributed by atoms with van der Waals surface area (Å²) in [7, 11) is 2.09. The number of alkyl halides is 3. The molecule has 30 heavy (non-hydrogen) atoms. The molecule has 2 fully saturated rings. The molecule has 3 heterocycles. The first-order chi connectivity index (χ1) is 14.2. The van der Waals surface area contributed by atoms with Crippen LogP contribution in [0.25, 0.3) is 5.65 Å². The number of halogens is 3. The van der Waals surface area contributed by atoms with E-state index >= 15 is 0 Å². The first kappa shape index (κ1) is 20.8. The zero-order chi connectivity index (χ0) is 21.5. The van der Waals surface area contributed by atoms with E-state index in [0.717, 1.165) is 4.52 Å². The van der Waals surface area contributed by atoms with Gasteiger partial charge in [-0.25, -0.2) is 0 Å². The highest BCUT2D eigenvalue weighted by Crippen LogP contribution is 2.29. The zero-order valence-corrected chi connectivity index (χ0v) is 17.1. The van der Waals surface area contributed by atoms with E-state index in [-0.39, 0.29) is 17.5 Å². The van der Waals surface area contributed by atoms with Crippen LogP contribution in [0.5, 0.6) is 0 Å². The number of likely N-dealkylation sites (N-methyl/N-ethyl adjacent to an activating group) is 1. The van der Waals surface area contributed by atoms with Gasteiger partial charge in [-0.2, -0.15) is 17.7 Å². The smallest absolute Gasteiger partial charge is 0.355 e. The van der Waals surface area contributed by atoms with Gasteiger partial charge in [0.2, 0.25) is 5.91 Å². The number of aromatic nitrogens is 4. The van der Waals surface area contributed by atoms with Gasteiger partial charge in [-0.1, -0.05) is 0 Å². The number of carbonyl (C=O) groups excluding carboxylic acids is 1. The summed E-state index contributed by atoms with van der Waals surface area (Å²) in [5, 5.41) is 13.9. The van der Waals surface area contributed by atoms with Gasteiger partial charge in [0.25, 0.3) is 5.82 Å². The minimum absolute atomic E-state index is 0.0469. The van der Waals surface area contributed by atoms with E-state index in [9.17, 15) is 18.0 Å². The SMILES string of the molecule is CC(CNC(=O)C1CCN(c2ccc3nnc(C(F)(F)F)n3n2)CC1)N(C)C1CC1. The van der Waals surface area contributed by atoms with Gasteiger partial charge in [0.1, 0.15) is 5.82 Å². The first-order valence-corrected chi connectivity index (χ1v) is 10.3. The van der Waals surface area contributed by atoms with E-state index < -0.39 is 12.0 Å². The number of nitrogens with one attached hydrogen (secondary N) is 1. The molecule has 0 bridgehead atoms. The third-order valence-corrected chi connectivity index (χ3v) is 6.08. The molecule has 2 aromatic rings. The van der Waals surface area contributed by atoms with Gasteiger partial charge in [-0.3, -0.25) is 9.69 Å². The lowest BCUT2D eigenvalue weighted by Gasteiger charge is -2.32. The highest BCUT2D eigenvalue weighted by atomic mass is 19.4. The summed E-state index contributed by atoms with van der Waals surface area (Å²) < 4.78 is 39.9. The number of piperidine rings is 1. The molecule has 0 aromatic carbocycles. The van der Waals surface area contributed by atoms with Crippen LogP contribution in [0, 0.1) is 5.92 Å². The van der Waals surface area contributed by atoms with Gasteiger partial charge in [-0.05, 0) is 51.8 Å². The predicted octanol–water partition coefficient (Wildman–Crippen LogP) is 1.96. The van der Waals surface area contributed by atoms with Crippen molar-refractivity contribution in [3.05, 3.63) is 18.0 Å². The summed E-state index contributed by atoms with van der Waals surface area (Å²) in [5.74, 6) is -0.762. The first-order valence-electron chi connectivity index (χ1n) is 10.3. The number of amides is 1. The van der Waals surface area contributed by atoms with Crippen LogP contribution >= 0.6 is 0 Å². The third-order valence-electron chi connectivity index (χ3n) is 6.08. The van der Waals surface area contributed by atoms with Gasteiger partial charge in [0, 0.05) is 37.6 Å². The minimum atomic E-state index is -4.62. The molecule has 8 nitrogen and oxygen atoms in total. The van der Waals surface area contributed by atoms with Crippen molar-refractivity contribution >= 4 is 17.4 Å². The third kappa shape index (κ3) is 4.35. The Morgan fingerprint density at radius 3 is 2.57 bits per heavy atom. The summed E-state index contributed by atoms with van der Waals surface area (Å²) in [6, 6.07) is 4.05. The fraction of sp³-hybridized carbons (Fsp3) is 0.684. The number of nitrogens with zero attached hydrogens (tertiary/aromatic N) is 6. The lowest BCUT2D eigenvalue weighted by Crippen LogP contribution is -2.45. The largest absolute Gasteiger partial charge is 0.453 e. The molecule has 4 rings (SSSR count). The van der Waals surface area contributed by atoms with E-state index in [4.69, 9.17) is 0 Å². The standard InChI is InChI=1S/C19H26F3N7O/c1-12(27(2)14-3-4-14)11-23-17(30)13-7-9-28(10-8-13)16-6-5-15-24-25-18(19(20,21)22)29(15)26-16/h5-6,12-14H,3-4,7-11H2,1-2H3,(H,23,30). The van der Waals surface area contributed by atoms with E-state index in [0.29, 0.717) is 50.4 Å². The van der Waals surface area contributed by atoms with Crippen LogP contribution in [0.2, 0.25) is 0 Å². The summed E-state index contributed by atoms with van der Waals surface area (Å²) in [6.45, 7) is 3.84. The number of carbonyl (C=O) groups is 1. The molecular weight excluding hydrogens is 399 g/mol. The van der Waals surface area contributed by atoms with Gasteiger partial charge >= 0.3 is 6.18 Å².